The largest absolute Gasteiger partial charge is 0.464 e. The van der Waals surface area contributed by atoms with Crippen molar-refractivity contribution < 1.29 is 4.42 Å². The number of rotatable bonds is 4. The first-order chi connectivity index (χ1) is 7.35. The Morgan fingerprint density at radius 3 is 3.00 bits per heavy atom. The van der Waals surface area contributed by atoms with Crippen LogP contribution in [0.2, 0.25) is 0 Å². The molecule has 80 valence electrons. The Morgan fingerprint density at radius 2 is 2.27 bits per heavy atom. The van der Waals surface area contributed by atoms with Crippen LogP contribution in [0, 0.1) is 0 Å². The molecule has 2 aromatic rings. The number of fused-ring (bicyclic) bond motifs is 1. The normalized spacial score (nSPS) is 11.1. The zero-order valence-corrected chi connectivity index (χ0v) is 8.92. The molecular weight excluding hydrogens is 188 g/mol. The second-order valence-corrected chi connectivity index (χ2v) is 3.58. The molecule has 15 heavy (non-hydrogen) atoms. The Bertz CT molecular complexity index is 448. The van der Waals surface area contributed by atoms with Gasteiger partial charge in [0.15, 0.2) is 0 Å². The fraction of sp³-hybridized carbons (Fsp3) is 0.333. The van der Waals surface area contributed by atoms with Crippen LogP contribution < -0.4 is 11.1 Å². The average Bonchev–Trinajstić information content (AvgIpc) is 2.68. The Hall–Kier alpha value is -1.32. The van der Waals surface area contributed by atoms with E-state index in [0.29, 0.717) is 6.54 Å². The van der Waals surface area contributed by atoms with Crippen LogP contribution in [0.15, 0.2) is 28.9 Å². The summed E-state index contributed by atoms with van der Waals surface area (Å²) in [6, 6.07) is 6.08. The van der Waals surface area contributed by atoms with Crippen molar-refractivity contribution in [2.75, 3.05) is 6.54 Å². The topological polar surface area (TPSA) is 51.2 Å². The highest BCUT2D eigenvalue weighted by molar-refractivity contribution is 5.81. The van der Waals surface area contributed by atoms with Gasteiger partial charge in [-0.25, -0.2) is 0 Å². The Morgan fingerprint density at radius 1 is 1.40 bits per heavy atom. The van der Waals surface area contributed by atoms with Gasteiger partial charge in [0.25, 0.3) is 0 Å². The van der Waals surface area contributed by atoms with E-state index in [4.69, 9.17) is 10.2 Å². The second kappa shape index (κ2) is 4.47. The van der Waals surface area contributed by atoms with E-state index in [1.54, 1.807) is 0 Å². The zero-order chi connectivity index (χ0) is 10.7. The zero-order valence-electron chi connectivity index (χ0n) is 8.92. The fourth-order valence-electron chi connectivity index (χ4n) is 1.65. The molecule has 0 bridgehead atoms. The van der Waals surface area contributed by atoms with E-state index < -0.39 is 0 Å². The van der Waals surface area contributed by atoms with Crippen LogP contribution in [0.4, 0.5) is 0 Å². The summed E-state index contributed by atoms with van der Waals surface area (Å²) < 4.78 is 5.46. The number of hydrogen-bond acceptors (Lipinski definition) is 3. The van der Waals surface area contributed by atoms with Crippen LogP contribution in [0.25, 0.3) is 11.0 Å². The third-order valence-corrected chi connectivity index (χ3v) is 2.52. The van der Waals surface area contributed by atoms with Gasteiger partial charge in [0.05, 0.1) is 6.26 Å². The summed E-state index contributed by atoms with van der Waals surface area (Å²) >= 11 is 0. The molecule has 2 rings (SSSR count). The van der Waals surface area contributed by atoms with Gasteiger partial charge < -0.3 is 15.5 Å². The number of benzene rings is 1. The minimum absolute atomic E-state index is 0.571. The summed E-state index contributed by atoms with van der Waals surface area (Å²) in [5, 5.41) is 4.45. The van der Waals surface area contributed by atoms with Crippen molar-refractivity contribution in [2.24, 2.45) is 5.73 Å². The minimum atomic E-state index is 0.571. The number of furan rings is 1. The van der Waals surface area contributed by atoms with E-state index in [2.05, 4.69) is 18.3 Å². The van der Waals surface area contributed by atoms with Crippen LogP contribution in [-0.4, -0.2) is 6.54 Å². The molecule has 0 saturated carbocycles. The van der Waals surface area contributed by atoms with Gasteiger partial charge in [-0.1, -0.05) is 13.0 Å². The molecule has 0 atom stereocenters. The van der Waals surface area contributed by atoms with Gasteiger partial charge in [0.2, 0.25) is 0 Å². The molecule has 0 radical (unpaired) electrons. The molecule has 1 heterocycles. The molecule has 0 aliphatic carbocycles. The van der Waals surface area contributed by atoms with Crippen molar-refractivity contribution in [1.29, 1.82) is 0 Å². The van der Waals surface area contributed by atoms with E-state index in [1.807, 2.05) is 18.4 Å². The van der Waals surface area contributed by atoms with Crippen molar-refractivity contribution in [1.82, 2.24) is 5.32 Å². The van der Waals surface area contributed by atoms with Crippen LogP contribution in [0.1, 0.15) is 18.1 Å². The molecular formula is C12H16N2O. The van der Waals surface area contributed by atoms with Crippen LogP contribution in [0.3, 0.4) is 0 Å². The summed E-state index contributed by atoms with van der Waals surface area (Å²) in [5.41, 5.74) is 8.88. The molecule has 0 aliphatic rings. The first-order valence-electron chi connectivity index (χ1n) is 5.25. The molecule has 3 heteroatoms. The maximum atomic E-state index is 5.61. The molecule has 0 unspecified atom stereocenters. The maximum Gasteiger partial charge on any atom is 0.134 e. The second-order valence-electron chi connectivity index (χ2n) is 3.58. The van der Waals surface area contributed by atoms with Crippen LogP contribution >= 0.6 is 0 Å². The van der Waals surface area contributed by atoms with Gasteiger partial charge >= 0.3 is 0 Å². The molecule has 0 spiro atoms. The average molecular weight is 204 g/mol. The van der Waals surface area contributed by atoms with Crippen molar-refractivity contribution in [3.8, 4) is 0 Å². The van der Waals surface area contributed by atoms with Crippen molar-refractivity contribution in [3.63, 3.8) is 0 Å². The highest BCUT2D eigenvalue weighted by Crippen LogP contribution is 2.22. The van der Waals surface area contributed by atoms with Crippen molar-refractivity contribution >= 4 is 11.0 Å². The predicted octanol–water partition coefficient (Wildman–Crippen LogP) is 2.00. The smallest absolute Gasteiger partial charge is 0.134 e. The molecule has 0 saturated heterocycles. The summed E-state index contributed by atoms with van der Waals surface area (Å²) in [6.45, 7) is 4.47. The van der Waals surface area contributed by atoms with Gasteiger partial charge in [-0.2, -0.15) is 0 Å². The van der Waals surface area contributed by atoms with E-state index in [0.717, 1.165) is 24.2 Å². The van der Waals surface area contributed by atoms with E-state index >= 15 is 0 Å². The molecule has 1 aromatic heterocycles. The van der Waals surface area contributed by atoms with E-state index in [1.165, 1.54) is 10.9 Å². The van der Waals surface area contributed by atoms with Crippen molar-refractivity contribution in [2.45, 2.75) is 20.0 Å². The van der Waals surface area contributed by atoms with E-state index in [-0.39, 0.29) is 0 Å². The quantitative estimate of drug-likeness (QED) is 0.801. The summed E-state index contributed by atoms with van der Waals surface area (Å²) in [6.07, 6.45) is 1.81. The first kappa shape index (κ1) is 10.2. The van der Waals surface area contributed by atoms with Gasteiger partial charge in [-0.05, 0) is 24.2 Å². The minimum Gasteiger partial charge on any atom is -0.464 e. The van der Waals surface area contributed by atoms with Crippen LogP contribution in [0.5, 0.6) is 0 Å². The summed E-state index contributed by atoms with van der Waals surface area (Å²) in [7, 11) is 0. The molecule has 0 aliphatic heterocycles. The van der Waals surface area contributed by atoms with Gasteiger partial charge in [-0.15, -0.1) is 0 Å². The SMILES string of the molecule is CCNCc1coc2ccc(CN)cc12. The highest BCUT2D eigenvalue weighted by Gasteiger charge is 2.05. The first-order valence-corrected chi connectivity index (χ1v) is 5.25. The third kappa shape index (κ3) is 2.03. The predicted molar refractivity (Wildman–Crippen MR) is 61.5 cm³/mol. The standard InChI is InChI=1S/C12H16N2O/c1-2-14-7-10-8-15-12-4-3-9(6-13)5-11(10)12/h3-5,8,14H,2,6-7,13H2,1H3. The van der Waals surface area contributed by atoms with Gasteiger partial charge in [0.1, 0.15) is 5.58 Å². The Kier molecular flexibility index (Phi) is 3.04. The Balaban J connectivity index is 2.38. The lowest BCUT2D eigenvalue weighted by Crippen LogP contribution is -2.11. The lowest BCUT2D eigenvalue weighted by molar-refractivity contribution is 0.604. The van der Waals surface area contributed by atoms with Crippen molar-refractivity contribution in [3.05, 3.63) is 35.6 Å². The monoisotopic (exact) mass is 204 g/mol. The Labute approximate surface area is 89.3 Å². The maximum absolute atomic E-state index is 5.61. The molecule has 3 nitrogen and oxygen atoms in total. The van der Waals surface area contributed by atoms with Gasteiger partial charge in [-0.3, -0.25) is 0 Å². The fourth-order valence-corrected chi connectivity index (χ4v) is 1.65. The summed E-state index contributed by atoms with van der Waals surface area (Å²) in [4.78, 5) is 0. The lowest BCUT2D eigenvalue weighted by Gasteiger charge is -2.00. The molecule has 3 N–H and O–H groups in total. The number of nitrogens with one attached hydrogen (secondary N) is 1. The lowest BCUT2D eigenvalue weighted by atomic mass is 10.1. The van der Waals surface area contributed by atoms with Crippen LogP contribution in [-0.2, 0) is 13.1 Å². The number of hydrogen-bond donors (Lipinski definition) is 2. The van der Waals surface area contributed by atoms with Gasteiger partial charge in [0, 0.05) is 24.0 Å². The molecule has 1 aromatic carbocycles. The number of nitrogens with two attached hydrogens (primary N) is 1. The molecule has 0 fully saturated rings. The summed E-state index contributed by atoms with van der Waals surface area (Å²) in [5.74, 6) is 0. The molecule has 0 amide bonds. The third-order valence-electron chi connectivity index (χ3n) is 2.52. The highest BCUT2D eigenvalue weighted by atomic mass is 16.3. The van der Waals surface area contributed by atoms with E-state index in [9.17, 15) is 0 Å².